The maximum atomic E-state index is 12.8. The Balaban J connectivity index is 1.63. The number of halogens is 5. The number of aromatic nitrogens is 2. The van der Waals surface area contributed by atoms with Crippen LogP contribution in [0.4, 0.5) is 27.6 Å². The first-order valence-corrected chi connectivity index (χ1v) is 9.74. The van der Waals surface area contributed by atoms with Crippen LogP contribution in [0.3, 0.4) is 0 Å². The molecule has 1 aromatic carbocycles. The molecule has 0 aliphatic heterocycles. The van der Waals surface area contributed by atoms with E-state index in [1.165, 1.54) is 30.3 Å². The highest BCUT2D eigenvalue weighted by Gasteiger charge is 2.35. The predicted molar refractivity (Wildman–Crippen MR) is 102 cm³/mol. The number of pyridine rings is 1. The molecule has 0 radical (unpaired) electrons. The summed E-state index contributed by atoms with van der Waals surface area (Å²) in [5.41, 5.74) is 0.608. The first-order chi connectivity index (χ1) is 14.2. The molecule has 0 bridgehead atoms. The molecule has 30 heavy (non-hydrogen) atoms. The van der Waals surface area contributed by atoms with Crippen LogP contribution in [0.15, 0.2) is 42.6 Å². The normalized spacial score (nSPS) is 14.2. The van der Waals surface area contributed by atoms with Gasteiger partial charge in [0.05, 0.1) is 5.69 Å². The SMILES string of the molecule is O=C(Nc1ccnc(C(F)(F)F)c1)c1snc(-c2ccc(C(F)F)cc2)c1C1CC1. The number of hydrogen-bond donors (Lipinski definition) is 1. The summed E-state index contributed by atoms with van der Waals surface area (Å²) in [5.74, 6) is -0.457. The molecule has 0 spiro atoms. The van der Waals surface area contributed by atoms with Crippen LogP contribution in [0, 0.1) is 0 Å². The second-order valence-corrected chi connectivity index (χ2v) is 7.63. The van der Waals surface area contributed by atoms with Crippen LogP contribution in [0.25, 0.3) is 11.3 Å². The molecule has 4 nitrogen and oxygen atoms in total. The first kappa shape index (κ1) is 20.4. The van der Waals surface area contributed by atoms with Gasteiger partial charge in [0.2, 0.25) is 0 Å². The maximum absolute atomic E-state index is 12.8. The van der Waals surface area contributed by atoms with Crippen molar-refractivity contribution in [1.82, 2.24) is 9.36 Å². The molecule has 156 valence electrons. The molecule has 0 unspecified atom stereocenters. The molecule has 1 fully saturated rings. The average Bonchev–Trinajstić information content (AvgIpc) is 3.45. The van der Waals surface area contributed by atoms with Gasteiger partial charge in [-0.15, -0.1) is 0 Å². The van der Waals surface area contributed by atoms with E-state index >= 15 is 0 Å². The van der Waals surface area contributed by atoms with E-state index < -0.39 is 24.2 Å². The van der Waals surface area contributed by atoms with Gasteiger partial charge >= 0.3 is 6.18 Å². The van der Waals surface area contributed by atoms with Gasteiger partial charge in [-0.3, -0.25) is 9.78 Å². The minimum Gasteiger partial charge on any atom is -0.321 e. The van der Waals surface area contributed by atoms with Gasteiger partial charge < -0.3 is 5.32 Å². The van der Waals surface area contributed by atoms with Crippen LogP contribution in [-0.2, 0) is 6.18 Å². The smallest absolute Gasteiger partial charge is 0.321 e. The van der Waals surface area contributed by atoms with E-state index in [1.54, 1.807) is 0 Å². The van der Waals surface area contributed by atoms with Gasteiger partial charge in [-0.1, -0.05) is 24.3 Å². The van der Waals surface area contributed by atoms with Crippen molar-refractivity contribution >= 4 is 23.1 Å². The van der Waals surface area contributed by atoms with E-state index in [-0.39, 0.29) is 17.2 Å². The Hall–Kier alpha value is -2.88. The second-order valence-electron chi connectivity index (χ2n) is 6.85. The Morgan fingerprint density at radius 1 is 1.13 bits per heavy atom. The molecule has 1 N–H and O–H groups in total. The average molecular weight is 439 g/mol. The number of anilines is 1. The fraction of sp³-hybridized carbons (Fsp3) is 0.250. The number of carbonyl (C=O) groups is 1. The zero-order chi connectivity index (χ0) is 21.5. The van der Waals surface area contributed by atoms with E-state index in [0.29, 0.717) is 21.7 Å². The maximum Gasteiger partial charge on any atom is 0.433 e. The zero-order valence-corrected chi connectivity index (χ0v) is 16.0. The van der Waals surface area contributed by atoms with Crippen molar-refractivity contribution in [3.05, 3.63) is 64.3 Å². The quantitative estimate of drug-likeness (QED) is 0.475. The first-order valence-electron chi connectivity index (χ1n) is 8.96. The minimum atomic E-state index is -4.62. The van der Waals surface area contributed by atoms with E-state index in [2.05, 4.69) is 14.7 Å². The fourth-order valence-corrected chi connectivity index (χ4v) is 3.94. The molecule has 0 atom stereocenters. The van der Waals surface area contributed by atoms with Crippen LogP contribution in [0.5, 0.6) is 0 Å². The Morgan fingerprint density at radius 3 is 2.43 bits per heavy atom. The highest BCUT2D eigenvalue weighted by molar-refractivity contribution is 7.08. The summed E-state index contributed by atoms with van der Waals surface area (Å²) in [6, 6.07) is 7.72. The summed E-state index contributed by atoms with van der Waals surface area (Å²) in [5, 5.41) is 2.47. The predicted octanol–water partition coefficient (Wildman–Crippen LogP) is 6.29. The van der Waals surface area contributed by atoms with Crippen molar-refractivity contribution < 1.29 is 26.7 Å². The molecule has 1 saturated carbocycles. The van der Waals surface area contributed by atoms with Gasteiger partial charge in [-0.25, -0.2) is 8.78 Å². The Labute approximate surface area is 171 Å². The number of nitrogens with zero attached hydrogens (tertiary/aromatic N) is 2. The standard InChI is InChI=1S/C20H14F5N3OS/c21-18(22)12-5-3-11(4-6-12)16-15(10-1-2-10)17(30-28-16)19(29)27-13-7-8-26-14(9-13)20(23,24)25/h3-10,18H,1-2H2,(H,26,27,29). The lowest BCUT2D eigenvalue weighted by Gasteiger charge is -2.09. The van der Waals surface area contributed by atoms with Crippen LogP contribution in [0.2, 0.25) is 0 Å². The Morgan fingerprint density at radius 2 is 1.83 bits per heavy atom. The summed E-state index contributed by atoms with van der Waals surface area (Å²) in [7, 11) is 0. The number of benzene rings is 1. The van der Waals surface area contributed by atoms with Gasteiger partial charge in [0.15, 0.2) is 0 Å². The van der Waals surface area contributed by atoms with Crippen molar-refractivity contribution in [1.29, 1.82) is 0 Å². The number of hydrogen-bond acceptors (Lipinski definition) is 4. The number of rotatable bonds is 5. The van der Waals surface area contributed by atoms with Gasteiger partial charge in [-0.2, -0.15) is 17.5 Å². The van der Waals surface area contributed by atoms with Crippen LogP contribution < -0.4 is 5.32 Å². The molecule has 4 rings (SSSR count). The lowest BCUT2D eigenvalue weighted by molar-refractivity contribution is -0.141. The van der Waals surface area contributed by atoms with E-state index in [1.807, 2.05) is 0 Å². The Bertz CT molecular complexity index is 1070. The zero-order valence-electron chi connectivity index (χ0n) is 15.2. The minimum absolute atomic E-state index is 0.0275. The molecule has 2 heterocycles. The van der Waals surface area contributed by atoms with E-state index in [0.717, 1.165) is 36.6 Å². The third-order valence-corrected chi connectivity index (χ3v) is 5.53. The molecule has 0 saturated heterocycles. The highest BCUT2D eigenvalue weighted by atomic mass is 32.1. The van der Waals surface area contributed by atoms with Crippen LogP contribution in [-0.4, -0.2) is 15.3 Å². The third-order valence-electron chi connectivity index (χ3n) is 4.66. The number of nitrogens with one attached hydrogen (secondary N) is 1. The largest absolute Gasteiger partial charge is 0.433 e. The third kappa shape index (κ3) is 4.18. The topological polar surface area (TPSA) is 54.9 Å². The van der Waals surface area contributed by atoms with E-state index in [9.17, 15) is 26.7 Å². The highest BCUT2D eigenvalue weighted by Crippen LogP contribution is 2.47. The van der Waals surface area contributed by atoms with Gasteiger partial charge in [0, 0.05) is 28.6 Å². The van der Waals surface area contributed by atoms with Crippen molar-refractivity contribution in [2.24, 2.45) is 0 Å². The summed E-state index contributed by atoms with van der Waals surface area (Å²) >= 11 is 0.939. The molecular formula is C20H14F5N3OS. The number of alkyl halides is 5. The molecule has 1 aliphatic carbocycles. The summed E-state index contributed by atoms with van der Waals surface area (Å²) in [6.45, 7) is 0. The Kier molecular flexibility index (Phi) is 5.27. The van der Waals surface area contributed by atoms with Crippen LogP contribution in [0.1, 0.15) is 51.7 Å². The van der Waals surface area contributed by atoms with Gasteiger partial charge in [-0.05, 0) is 42.4 Å². The van der Waals surface area contributed by atoms with Gasteiger partial charge in [0.25, 0.3) is 12.3 Å². The molecule has 3 aromatic rings. The van der Waals surface area contributed by atoms with Gasteiger partial charge in [0.1, 0.15) is 10.6 Å². The van der Waals surface area contributed by atoms with Crippen molar-refractivity contribution in [3.63, 3.8) is 0 Å². The number of carbonyl (C=O) groups excluding carboxylic acids is 1. The molecular weight excluding hydrogens is 425 g/mol. The molecule has 2 aromatic heterocycles. The lowest BCUT2D eigenvalue weighted by atomic mass is 10.0. The molecule has 1 amide bonds. The van der Waals surface area contributed by atoms with E-state index in [4.69, 9.17) is 0 Å². The summed E-state index contributed by atoms with van der Waals surface area (Å²) in [6.07, 6.45) is -4.52. The summed E-state index contributed by atoms with van der Waals surface area (Å²) < 4.78 is 68.5. The monoisotopic (exact) mass is 439 g/mol. The van der Waals surface area contributed by atoms with Crippen molar-refractivity contribution in [2.75, 3.05) is 5.32 Å². The summed E-state index contributed by atoms with van der Waals surface area (Å²) in [4.78, 5) is 16.3. The number of amides is 1. The lowest BCUT2D eigenvalue weighted by Crippen LogP contribution is -2.14. The fourth-order valence-electron chi connectivity index (χ4n) is 3.06. The van der Waals surface area contributed by atoms with Crippen molar-refractivity contribution in [3.8, 4) is 11.3 Å². The molecule has 10 heteroatoms. The second kappa shape index (κ2) is 7.75. The van der Waals surface area contributed by atoms with Crippen molar-refractivity contribution in [2.45, 2.75) is 31.4 Å². The van der Waals surface area contributed by atoms with Crippen LogP contribution >= 0.6 is 11.5 Å². The molecule has 1 aliphatic rings.